The van der Waals surface area contributed by atoms with Gasteiger partial charge < -0.3 is 9.26 Å². The van der Waals surface area contributed by atoms with Crippen molar-refractivity contribution in [3.05, 3.63) is 0 Å². The summed E-state index contributed by atoms with van der Waals surface area (Å²) in [6, 6.07) is 0. The minimum absolute atomic E-state index is 0.164. The van der Waals surface area contributed by atoms with Gasteiger partial charge in [0.25, 0.3) is 0 Å². The predicted octanol–water partition coefficient (Wildman–Crippen LogP) is 1.53. The van der Waals surface area contributed by atoms with Crippen LogP contribution in [-0.2, 0) is 14.1 Å². The monoisotopic (exact) mass is 202 g/mol. The van der Waals surface area contributed by atoms with Crippen LogP contribution in [-0.4, -0.2) is 18.7 Å². The lowest BCUT2D eigenvalue weighted by Crippen LogP contribution is -2.16. The van der Waals surface area contributed by atoms with E-state index < -0.39 is 0 Å². The molecular formula is C9H15O3P. The van der Waals surface area contributed by atoms with E-state index in [0.717, 1.165) is 12.8 Å². The van der Waals surface area contributed by atoms with Crippen LogP contribution in [0.1, 0.15) is 26.2 Å². The summed E-state index contributed by atoms with van der Waals surface area (Å²) in [5.41, 5.74) is 0. The molecule has 0 aliphatic heterocycles. The molecule has 0 spiro atoms. The van der Waals surface area contributed by atoms with Gasteiger partial charge in [0.1, 0.15) is 6.10 Å². The molecule has 0 saturated carbocycles. The van der Waals surface area contributed by atoms with Gasteiger partial charge in [-0.15, -0.1) is 12.3 Å². The molecule has 0 aliphatic rings. The average Bonchev–Trinajstić information content (AvgIpc) is 2.04. The first-order chi connectivity index (χ1) is 6.20. The van der Waals surface area contributed by atoms with Crippen molar-refractivity contribution in [2.45, 2.75) is 32.3 Å². The molecule has 0 radical (unpaired) electrons. The normalized spacial score (nSPS) is 11.8. The fourth-order valence-electron chi connectivity index (χ4n) is 0.963. The van der Waals surface area contributed by atoms with Crippen LogP contribution < -0.4 is 0 Å². The Labute approximate surface area is 81.5 Å². The number of hydrogen-bond donors (Lipinski definition) is 0. The summed E-state index contributed by atoms with van der Waals surface area (Å²) in [6.07, 6.45) is 7.02. The van der Waals surface area contributed by atoms with E-state index in [1.165, 1.54) is 6.92 Å². The van der Waals surface area contributed by atoms with Crippen molar-refractivity contribution in [3.8, 4) is 12.3 Å². The van der Waals surface area contributed by atoms with E-state index in [9.17, 15) is 4.79 Å². The lowest BCUT2D eigenvalue weighted by atomic mass is 10.1. The first kappa shape index (κ1) is 12.4. The molecule has 0 saturated heterocycles. The van der Waals surface area contributed by atoms with Crippen molar-refractivity contribution in [1.29, 1.82) is 0 Å². The van der Waals surface area contributed by atoms with E-state index in [1.54, 1.807) is 0 Å². The van der Waals surface area contributed by atoms with Crippen LogP contribution in [0.25, 0.3) is 0 Å². The molecule has 0 aromatic rings. The van der Waals surface area contributed by atoms with Gasteiger partial charge in [-0.25, -0.2) is 0 Å². The minimum atomic E-state index is -0.285. The maximum absolute atomic E-state index is 10.6. The number of hydrogen-bond acceptors (Lipinski definition) is 3. The van der Waals surface area contributed by atoms with Gasteiger partial charge >= 0.3 is 5.97 Å². The lowest BCUT2D eigenvalue weighted by molar-refractivity contribution is -0.146. The zero-order valence-electron chi connectivity index (χ0n) is 7.79. The van der Waals surface area contributed by atoms with Gasteiger partial charge in [-0.2, -0.15) is 0 Å². The van der Waals surface area contributed by atoms with Gasteiger partial charge in [0, 0.05) is 22.8 Å². The largest absolute Gasteiger partial charge is 0.462 e. The molecule has 0 N–H and O–H groups in total. The number of ether oxygens (including phenoxy) is 1. The first-order valence-corrected chi connectivity index (χ1v) is 4.60. The molecular weight excluding hydrogens is 187 g/mol. The Bertz CT molecular complexity index is 186. The number of esters is 1. The predicted molar refractivity (Wildman–Crippen MR) is 53.9 cm³/mol. The molecule has 0 aromatic heterocycles. The van der Waals surface area contributed by atoms with Crippen LogP contribution in [0.5, 0.6) is 0 Å². The third-order valence-corrected chi connectivity index (χ3v) is 1.70. The van der Waals surface area contributed by atoms with Crippen molar-refractivity contribution in [2.75, 3.05) is 6.61 Å². The highest BCUT2D eigenvalue weighted by atomic mass is 31.0. The Hall–Kier alpha value is -0.580. The fourth-order valence-corrected chi connectivity index (χ4v) is 1.13. The Morgan fingerprint density at radius 1 is 1.69 bits per heavy atom. The highest BCUT2D eigenvalue weighted by molar-refractivity contribution is 7.09. The lowest BCUT2D eigenvalue weighted by Gasteiger charge is -2.13. The van der Waals surface area contributed by atoms with Crippen molar-refractivity contribution in [1.82, 2.24) is 0 Å². The van der Waals surface area contributed by atoms with Crippen molar-refractivity contribution in [3.63, 3.8) is 0 Å². The van der Waals surface area contributed by atoms with Gasteiger partial charge in [0.05, 0.1) is 6.61 Å². The molecule has 3 nitrogen and oxygen atoms in total. The summed E-state index contributed by atoms with van der Waals surface area (Å²) in [4.78, 5) is 10.6. The highest BCUT2D eigenvalue weighted by Gasteiger charge is 2.09. The summed E-state index contributed by atoms with van der Waals surface area (Å²) >= 11 is 0. The van der Waals surface area contributed by atoms with Crippen LogP contribution in [0, 0.1) is 12.3 Å². The zero-order valence-corrected chi connectivity index (χ0v) is 8.94. The Balaban J connectivity index is 3.68. The Kier molecular flexibility index (Phi) is 7.68. The van der Waals surface area contributed by atoms with E-state index >= 15 is 0 Å². The summed E-state index contributed by atoms with van der Waals surface area (Å²) in [5.74, 6) is 2.19. The second kappa shape index (κ2) is 8.04. The average molecular weight is 202 g/mol. The van der Waals surface area contributed by atoms with E-state index in [4.69, 9.17) is 15.7 Å². The first-order valence-electron chi connectivity index (χ1n) is 4.13. The summed E-state index contributed by atoms with van der Waals surface area (Å²) < 4.78 is 9.79. The van der Waals surface area contributed by atoms with E-state index in [2.05, 4.69) is 15.4 Å². The van der Waals surface area contributed by atoms with Crippen molar-refractivity contribution in [2.24, 2.45) is 0 Å². The van der Waals surface area contributed by atoms with Crippen LogP contribution in [0.2, 0.25) is 0 Å². The number of carbonyl (C=O) groups excluding carboxylic acids is 1. The van der Waals surface area contributed by atoms with Crippen LogP contribution in [0.4, 0.5) is 0 Å². The summed E-state index contributed by atoms with van der Waals surface area (Å²) in [7, 11) is 2.17. The number of terminal acetylenes is 1. The Morgan fingerprint density at radius 2 is 2.38 bits per heavy atom. The molecule has 0 fully saturated rings. The Morgan fingerprint density at radius 3 is 2.85 bits per heavy atom. The van der Waals surface area contributed by atoms with Gasteiger partial charge in [0.2, 0.25) is 0 Å². The van der Waals surface area contributed by atoms with Gasteiger partial charge in [-0.05, 0) is 12.8 Å². The van der Waals surface area contributed by atoms with Gasteiger partial charge in [0.15, 0.2) is 0 Å². The zero-order chi connectivity index (χ0) is 10.1. The smallest absolute Gasteiger partial charge is 0.302 e. The van der Waals surface area contributed by atoms with Crippen molar-refractivity contribution >= 4 is 15.4 Å². The molecule has 0 aliphatic carbocycles. The maximum Gasteiger partial charge on any atom is 0.302 e. The third-order valence-electron chi connectivity index (χ3n) is 1.47. The highest BCUT2D eigenvalue weighted by Crippen LogP contribution is 2.07. The molecule has 4 heteroatoms. The molecule has 2 atom stereocenters. The number of rotatable bonds is 6. The molecule has 0 aromatic carbocycles. The summed E-state index contributed by atoms with van der Waals surface area (Å²) in [6.45, 7) is 2.02. The molecule has 0 rings (SSSR count). The standard InChI is InChI=1S/C9H15O3P/c1-3-5-9(12-8(2)10)6-4-7-11-13/h1,9H,4-7,13H2,2H3/t9-/m1/s1. The van der Waals surface area contributed by atoms with Crippen LogP contribution in [0.15, 0.2) is 0 Å². The fraction of sp³-hybridized carbons (Fsp3) is 0.667. The summed E-state index contributed by atoms with van der Waals surface area (Å²) in [5, 5.41) is 0. The van der Waals surface area contributed by atoms with Crippen molar-refractivity contribution < 1.29 is 14.1 Å². The van der Waals surface area contributed by atoms with E-state index in [-0.39, 0.29) is 12.1 Å². The topological polar surface area (TPSA) is 35.5 Å². The van der Waals surface area contributed by atoms with Gasteiger partial charge in [-0.3, -0.25) is 4.79 Å². The SMILES string of the molecule is C#CC[C@H](CCCOP)OC(C)=O. The molecule has 1 unspecified atom stereocenters. The molecule has 0 bridgehead atoms. The second-order valence-corrected chi connectivity index (χ2v) is 2.99. The molecule has 13 heavy (non-hydrogen) atoms. The third kappa shape index (κ3) is 7.77. The maximum atomic E-state index is 10.6. The molecule has 0 amide bonds. The molecule has 0 heterocycles. The van der Waals surface area contributed by atoms with E-state index in [0.29, 0.717) is 13.0 Å². The van der Waals surface area contributed by atoms with Gasteiger partial charge in [-0.1, -0.05) is 0 Å². The number of carbonyl (C=O) groups is 1. The molecule has 74 valence electrons. The minimum Gasteiger partial charge on any atom is -0.462 e. The second-order valence-electron chi connectivity index (χ2n) is 2.65. The quantitative estimate of drug-likeness (QED) is 0.283. The van der Waals surface area contributed by atoms with Crippen LogP contribution >= 0.6 is 9.47 Å². The van der Waals surface area contributed by atoms with Crippen LogP contribution in [0.3, 0.4) is 0 Å². The van der Waals surface area contributed by atoms with E-state index in [1.807, 2.05) is 0 Å².